The van der Waals surface area contributed by atoms with Gasteiger partial charge in [0.25, 0.3) is 0 Å². The van der Waals surface area contributed by atoms with Crippen LogP contribution in [0.4, 0.5) is 0 Å². The van der Waals surface area contributed by atoms with Crippen molar-refractivity contribution in [2.75, 3.05) is 0 Å². The van der Waals surface area contributed by atoms with E-state index in [2.05, 4.69) is 56.1 Å². The molecular formula is C21H16Br2OSe. The van der Waals surface area contributed by atoms with Crippen LogP contribution in [0.3, 0.4) is 0 Å². The van der Waals surface area contributed by atoms with Crippen LogP contribution < -0.4 is 4.46 Å². The molecule has 0 aliphatic carbocycles. The number of carbonyl (C=O) groups excluding carboxylic acids is 1. The average Bonchev–Trinajstić information content (AvgIpc) is 2.64. The van der Waals surface area contributed by atoms with E-state index in [0.29, 0.717) is 0 Å². The number of rotatable bonds is 6. The number of Topliss-reactive ketones (excluding diaryl/α,β-unsaturated/α-hetero) is 1. The topological polar surface area (TPSA) is 17.1 Å². The molecule has 4 heteroatoms. The van der Waals surface area contributed by atoms with E-state index in [-0.39, 0.29) is 26.7 Å². The maximum absolute atomic E-state index is 13.1. The Hall–Kier alpha value is -1.19. The fraction of sp³-hybridized carbons (Fsp3) is 0.0952. The minimum atomic E-state index is -0.116. The monoisotopic (exact) mass is 522 g/mol. The van der Waals surface area contributed by atoms with Crippen molar-refractivity contribution in [1.29, 1.82) is 0 Å². The summed E-state index contributed by atoms with van der Waals surface area (Å²) in [6, 6.07) is 26.2. The molecule has 0 amide bonds. The summed E-state index contributed by atoms with van der Waals surface area (Å²) in [5.41, 5.74) is 1.84. The van der Waals surface area contributed by atoms with Crippen LogP contribution in [0.1, 0.15) is 21.8 Å². The Bertz CT molecular complexity index is 830. The number of halogens is 2. The predicted octanol–water partition coefficient (Wildman–Crippen LogP) is 5.63. The molecule has 126 valence electrons. The van der Waals surface area contributed by atoms with Crippen molar-refractivity contribution in [2.24, 2.45) is 0 Å². The van der Waals surface area contributed by atoms with Crippen molar-refractivity contribution in [3.8, 4) is 0 Å². The molecule has 0 fully saturated rings. The molecule has 0 bridgehead atoms. The molecule has 3 aromatic carbocycles. The second-order valence-corrected chi connectivity index (χ2v) is 9.72. The van der Waals surface area contributed by atoms with E-state index in [4.69, 9.17) is 0 Å². The van der Waals surface area contributed by atoms with Crippen molar-refractivity contribution in [2.45, 2.75) is 11.2 Å². The Morgan fingerprint density at radius 1 is 0.800 bits per heavy atom. The second kappa shape index (κ2) is 8.95. The second-order valence-electron chi connectivity index (χ2n) is 5.60. The molecule has 0 spiro atoms. The van der Waals surface area contributed by atoms with Crippen LogP contribution in [0.25, 0.3) is 0 Å². The normalized spacial score (nSPS) is 11.9. The number of carbonyl (C=O) groups is 1. The zero-order valence-electron chi connectivity index (χ0n) is 13.4. The van der Waals surface area contributed by atoms with Gasteiger partial charge in [-0.3, -0.25) is 0 Å². The zero-order chi connectivity index (χ0) is 17.6. The van der Waals surface area contributed by atoms with Crippen LogP contribution in [-0.2, 0) is 0 Å². The average molecular weight is 523 g/mol. The van der Waals surface area contributed by atoms with Gasteiger partial charge < -0.3 is 0 Å². The standard InChI is InChI=1S/C21H16Br2OSe/c22-17-10-6-15(7-11-17)20(14-25-19-4-2-1-3-5-19)21(24)16-8-12-18(23)13-9-16/h1-13,20H,14H2. The van der Waals surface area contributed by atoms with E-state index in [0.717, 1.165) is 25.4 Å². The van der Waals surface area contributed by atoms with Crippen molar-refractivity contribution in [3.05, 3.63) is 98.9 Å². The van der Waals surface area contributed by atoms with Gasteiger partial charge in [-0.15, -0.1) is 0 Å². The molecule has 0 radical (unpaired) electrons. The molecule has 3 aromatic rings. The number of ketones is 1. The first kappa shape index (κ1) is 18.6. The Kier molecular flexibility index (Phi) is 6.66. The molecule has 25 heavy (non-hydrogen) atoms. The summed E-state index contributed by atoms with van der Waals surface area (Å²) in [5, 5.41) is 0.855. The Morgan fingerprint density at radius 3 is 1.96 bits per heavy atom. The van der Waals surface area contributed by atoms with Crippen LogP contribution in [0, 0.1) is 0 Å². The van der Waals surface area contributed by atoms with Crippen LogP contribution in [0.5, 0.6) is 0 Å². The van der Waals surface area contributed by atoms with Crippen molar-refractivity contribution < 1.29 is 4.79 Å². The van der Waals surface area contributed by atoms with Gasteiger partial charge in [0.1, 0.15) is 0 Å². The Balaban J connectivity index is 1.86. The molecule has 0 aliphatic rings. The van der Waals surface area contributed by atoms with Gasteiger partial charge in [-0.1, -0.05) is 0 Å². The zero-order valence-corrected chi connectivity index (χ0v) is 18.2. The first-order valence-electron chi connectivity index (χ1n) is 7.86. The number of hydrogen-bond donors (Lipinski definition) is 0. The quantitative estimate of drug-likeness (QED) is 0.303. The van der Waals surface area contributed by atoms with Gasteiger partial charge in [0.15, 0.2) is 0 Å². The molecule has 1 unspecified atom stereocenters. The van der Waals surface area contributed by atoms with Gasteiger partial charge in [0.05, 0.1) is 0 Å². The van der Waals surface area contributed by atoms with Crippen molar-refractivity contribution in [3.63, 3.8) is 0 Å². The van der Waals surface area contributed by atoms with Crippen molar-refractivity contribution >= 4 is 57.1 Å². The SMILES string of the molecule is O=C(c1ccc(Br)cc1)C(C[Se]c1ccccc1)c1ccc(Br)cc1. The van der Waals surface area contributed by atoms with Crippen LogP contribution in [0.15, 0.2) is 87.8 Å². The third kappa shape index (κ3) is 5.15. The van der Waals surface area contributed by atoms with Crippen LogP contribution in [-0.4, -0.2) is 20.7 Å². The van der Waals surface area contributed by atoms with Gasteiger partial charge >= 0.3 is 172 Å². The Morgan fingerprint density at radius 2 is 1.36 bits per heavy atom. The molecule has 3 rings (SSSR count). The summed E-state index contributed by atoms with van der Waals surface area (Å²) in [5.74, 6) is 0.0714. The van der Waals surface area contributed by atoms with E-state index in [9.17, 15) is 4.79 Å². The van der Waals surface area contributed by atoms with E-state index in [1.807, 2.05) is 54.6 Å². The molecule has 0 aromatic heterocycles. The van der Waals surface area contributed by atoms with Gasteiger partial charge in [0.2, 0.25) is 0 Å². The summed E-state index contributed by atoms with van der Waals surface area (Å²) in [6.45, 7) is 0. The minimum absolute atomic E-state index is 0.116. The Labute approximate surface area is 171 Å². The molecule has 0 saturated heterocycles. The molecule has 0 aliphatic heterocycles. The summed E-state index contributed by atoms with van der Waals surface area (Å²) in [7, 11) is 0. The van der Waals surface area contributed by atoms with E-state index in [1.54, 1.807) is 0 Å². The van der Waals surface area contributed by atoms with Gasteiger partial charge in [-0.2, -0.15) is 0 Å². The van der Waals surface area contributed by atoms with Crippen LogP contribution in [0.2, 0.25) is 5.32 Å². The number of hydrogen-bond acceptors (Lipinski definition) is 1. The fourth-order valence-corrected chi connectivity index (χ4v) is 5.27. The molecule has 0 saturated carbocycles. The van der Waals surface area contributed by atoms with Gasteiger partial charge in [-0.05, 0) is 0 Å². The first-order chi connectivity index (χ1) is 12.1. The van der Waals surface area contributed by atoms with Crippen molar-refractivity contribution in [1.82, 2.24) is 0 Å². The summed E-state index contributed by atoms with van der Waals surface area (Å²) < 4.78 is 3.33. The van der Waals surface area contributed by atoms with E-state index in [1.165, 1.54) is 4.46 Å². The van der Waals surface area contributed by atoms with E-state index < -0.39 is 0 Å². The van der Waals surface area contributed by atoms with Gasteiger partial charge in [-0.25, -0.2) is 0 Å². The third-order valence-corrected chi connectivity index (χ3v) is 7.25. The molecule has 0 N–H and O–H groups in total. The molecule has 1 atom stereocenters. The van der Waals surface area contributed by atoms with E-state index >= 15 is 0 Å². The predicted molar refractivity (Wildman–Crippen MR) is 112 cm³/mol. The molecule has 0 heterocycles. The summed E-state index contributed by atoms with van der Waals surface area (Å²) in [6.07, 6.45) is 0. The summed E-state index contributed by atoms with van der Waals surface area (Å²) >= 11 is 7.16. The maximum atomic E-state index is 13.1. The van der Waals surface area contributed by atoms with Gasteiger partial charge in [0, 0.05) is 0 Å². The molecule has 1 nitrogen and oxygen atoms in total. The fourth-order valence-electron chi connectivity index (χ4n) is 2.53. The number of benzene rings is 3. The molecular weight excluding hydrogens is 507 g/mol. The third-order valence-electron chi connectivity index (χ3n) is 3.88. The van der Waals surface area contributed by atoms with Crippen LogP contribution >= 0.6 is 31.9 Å². The summed E-state index contributed by atoms with van der Waals surface area (Å²) in [4.78, 5) is 13.1. The first-order valence-corrected chi connectivity index (χ1v) is 11.5.